The number of aromatic nitrogens is 1. The molecular weight excluding hydrogens is 452 g/mol. The van der Waals surface area contributed by atoms with Gasteiger partial charge in [-0.1, -0.05) is 33.2 Å². The van der Waals surface area contributed by atoms with Crippen molar-refractivity contribution >= 4 is 27.8 Å². The Bertz CT molecular complexity index is 1010. The lowest BCUT2D eigenvalue weighted by Crippen LogP contribution is -2.34. The zero-order valence-electron chi connectivity index (χ0n) is 16.8. The molecular formula is C22H21BrN2O5. The van der Waals surface area contributed by atoms with E-state index in [1.54, 1.807) is 48.5 Å². The van der Waals surface area contributed by atoms with Crippen molar-refractivity contribution in [1.82, 2.24) is 10.5 Å². The molecule has 0 saturated heterocycles. The van der Waals surface area contributed by atoms with E-state index >= 15 is 0 Å². The molecule has 3 aromatic rings. The number of nitrogens with one attached hydrogen (secondary N) is 1. The Hall–Kier alpha value is -3.13. The number of hydrogen-bond acceptors (Lipinski definition) is 6. The lowest BCUT2D eigenvalue weighted by molar-refractivity contribution is -0.143. The highest BCUT2D eigenvalue weighted by Crippen LogP contribution is 2.21. The summed E-state index contributed by atoms with van der Waals surface area (Å²) in [7, 11) is 1.28. The average Bonchev–Trinajstić information content (AvgIpc) is 3.08. The maximum absolute atomic E-state index is 12.7. The Morgan fingerprint density at radius 3 is 2.33 bits per heavy atom. The molecule has 1 unspecified atom stereocenters. The molecule has 1 N–H and O–H groups in total. The number of methoxy groups -OCH3 is 1. The van der Waals surface area contributed by atoms with E-state index in [1.165, 1.54) is 7.11 Å². The van der Waals surface area contributed by atoms with Crippen LogP contribution in [-0.4, -0.2) is 24.1 Å². The summed E-state index contributed by atoms with van der Waals surface area (Å²) in [6.45, 7) is 4.00. The predicted molar refractivity (Wildman–Crippen MR) is 113 cm³/mol. The minimum Gasteiger partial charge on any atom is -0.489 e. The molecule has 1 aromatic heterocycles. The topological polar surface area (TPSA) is 90.7 Å². The Kier molecular flexibility index (Phi) is 6.89. The van der Waals surface area contributed by atoms with E-state index in [1.807, 2.05) is 13.8 Å². The number of rotatable bonds is 7. The molecule has 1 atom stereocenters. The number of aryl methyl sites for hydroxylation is 2. The highest BCUT2D eigenvalue weighted by atomic mass is 79.9. The third kappa shape index (κ3) is 5.07. The molecule has 2 aromatic carbocycles. The first-order valence-corrected chi connectivity index (χ1v) is 9.97. The zero-order valence-corrected chi connectivity index (χ0v) is 18.4. The first-order chi connectivity index (χ1) is 14.4. The first-order valence-electron chi connectivity index (χ1n) is 9.18. The summed E-state index contributed by atoms with van der Waals surface area (Å²) in [5.74, 6) is 0.366. The second kappa shape index (κ2) is 9.58. The summed E-state index contributed by atoms with van der Waals surface area (Å²) in [6.07, 6.45) is 0. The molecule has 0 aliphatic carbocycles. The van der Waals surface area contributed by atoms with Gasteiger partial charge in [-0.05, 0) is 55.8 Å². The van der Waals surface area contributed by atoms with E-state index in [2.05, 4.69) is 26.4 Å². The second-order valence-corrected chi connectivity index (χ2v) is 7.51. The van der Waals surface area contributed by atoms with Gasteiger partial charge in [0, 0.05) is 10.0 Å². The SMILES string of the molecule is COC(=O)C(NC(=O)c1ccc(OCc2c(C)noc2C)cc1)c1ccc(Br)cc1. The van der Waals surface area contributed by atoms with Crippen LogP contribution in [-0.2, 0) is 16.1 Å². The quantitative estimate of drug-likeness (QED) is 0.516. The lowest BCUT2D eigenvalue weighted by Gasteiger charge is -2.17. The van der Waals surface area contributed by atoms with Crippen LogP contribution >= 0.6 is 15.9 Å². The van der Waals surface area contributed by atoms with Gasteiger partial charge >= 0.3 is 5.97 Å². The van der Waals surface area contributed by atoms with Gasteiger partial charge < -0.3 is 19.3 Å². The molecule has 0 fully saturated rings. The normalized spacial score (nSPS) is 11.6. The number of hydrogen-bond donors (Lipinski definition) is 1. The Labute approximate surface area is 182 Å². The average molecular weight is 473 g/mol. The molecule has 0 spiro atoms. The monoisotopic (exact) mass is 472 g/mol. The van der Waals surface area contributed by atoms with Crippen molar-refractivity contribution in [3.63, 3.8) is 0 Å². The number of ether oxygens (including phenoxy) is 2. The van der Waals surface area contributed by atoms with Crippen molar-refractivity contribution in [3.8, 4) is 5.75 Å². The third-order valence-electron chi connectivity index (χ3n) is 4.60. The number of carbonyl (C=O) groups is 2. The maximum Gasteiger partial charge on any atom is 0.333 e. The Balaban J connectivity index is 1.68. The maximum atomic E-state index is 12.7. The van der Waals surface area contributed by atoms with Crippen molar-refractivity contribution in [2.75, 3.05) is 7.11 Å². The fraction of sp³-hybridized carbons (Fsp3) is 0.227. The van der Waals surface area contributed by atoms with E-state index in [0.29, 0.717) is 29.2 Å². The van der Waals surface area contributed by atoms with Gasteiger partial charge in [0.05, 0.1) is 18.4 Å². The van der Waals surface area contributed by atoms with Gasteiger partial charge in [-0.25, -0.2) is 4.79 Å². The van der Waals surface area contributed by atoms with Crippen molar-refractivity contribution in [2.24, 2.45) is 0 Å². The van der Waals surface area contributed by atoms with Gasteiger partial charge in [0.15, 0.2) is 6.04 Å². The van der Waals surface area contributed by atoms with Gasteiger partial charge in [-0.2, -0.15) is 0 Å². The van der Waals surface area contributed by atoms with Gasteiger partial charge in [-0.3, -0.25) is 4.79 Å². The van der Waals surface area contributed by atoms with E-state index in [9.17, 15) is 9.59 Å². The van der Waals surface area contributed by atoms with Gasteiger partial charge in [0.1, 0.15) is 18.1 Å². The summed E-state index contributed by atoms with van der Waals surface area (Å²) in [6, 6.07) is 12.8. The van der Waals surface area contributed by atoms with Gasteiger partial charge in [-0.15, -0.1) is 0 Å². The second-order valence-electron chi connectivity index (χ2n) is 6.60. The highest BCUT2D eigenvalue weighted by molar-refractivity contribution is 9.10. The van der Waals surface area contributed by atoms with E-state index in [4.69, 9.17) is 14.0 Å². The number of nitrogens with zero attached hydrogens (tertiary/aromatic N) is 1. The molecule has 0 bridgehead atoms. The van der Waals surface area contributed by atoms with E-state index in [-0.39, 0.29) is 0 Å². The lowest BCUT2D eigenvalue weighted by atomic mass is 10.1. The predicted octanol–water partition coefficient (Wildman–Crippen LogP) is 4.28. The van der Waals surface area contributed by atoms with Crippen LogP contribution in [0.15, 0.2) is 57.5 Å². The summed E-state index contributed by atoms with van der Waals surface area (Å²) < 4.78 is 16.6. The fourth-order valence-corrected chi connectivity index (χ4v) is 3.10. The molecule has 0 saturated carbocycles. The fourth-order valence-electron chi connectivity index (χ4n) is 2.83. The molecule has 8 heteroatoms. The van der Waals surface area contributed by atoms with Crippen molar-refractivity contribution in [1.29, 1.82) is 0 Å². The van der Waals surface area contributed by atoms with Crippen LogP contribution < -0.4 is 10.1 Å². The number of esters is 1. The Morgan fingerprint density at radius 2 is 1.77 bits per heavy atom. The van der Waals surface area contributed by atoms with Crippen molar-refractivity contribution in [3.05, 3.63) is 81.1 Å². The number of benzene rings is 2. The molecule has 0 aliphatic heterocycles. The summed E-state index contributed by atoms with van der Waals surface area (Å²) in [5.41, 5.74) is 2.70. The van der Waals surface area contributed by atoms with Crippen molar-refractivity contribution in [2.45, 2.75) is 26.5 Å². The molecule has 1 heterocycles. The molecule has 156 valence electrons. The summed E-state index contributed by atoms with van der Waals surface area (Å²) in [4.78, 5) is 24.9. The number of amides is 1. The minimum absolute atomic E-state index is 0.320. The zero-order chi connectivity index (χ0) is 21.7. The summed E-state index contributed by atoms with van der Waals surface area (Å²) in [5, 5.41) is 6.61. The van der Waals surface area contributed by atoms with Crippen LogP contribution in [0, 0.1) is 13.8 Å². The molecule has 0 aliphatic rings. The third-order valence-corrected chi connectivity index (χ3v) is 5.13. The number of halogens is 1. The molecule has 3 rings (SSSR count). The molecule has 0 radical (unpaired) electrons. The van der Waals surface area contributed by atoms with Crippen LogP contribution in [0.3, 0.4) is 0 Å². The molecule has 1 amide bonds. The Morgan fingerprint density at radius 1 is 1.10 bits per heavy atom. The molecule has 30 heavy (non-hydrogen) atoms. The standard InChI is InChI=1S/C22H21BrN2O5/c1-13-19(14(2)30-25-13)12-29-18-10-6-16(7-11-18)21(26)24-20(22(27)28-3)15-4-8-17(23)9-5-15/h4-11,20H,12H2,1-3H3,(H,24,26). The van der Waals surface area contributed by atoms with Crippen LogP contribution in [0.5, 0.6) is 5.75 Å². The number of carbonyl (C=O) groups excluding carboxylic acids is 2. The van der Waals surface area contributed by atoms with Crippen LogP contribution in [0.4, 0.5) is 0 Å². The van der Waals surface area contributed by atoms with Crippen LogP contribution in [0.1, 0.15) is 39.0 Å². The smallest absolute Gasteiger partial charge is 0.333 e. The first kappa shape index (κ1) is 21.6. The van der Waals surface area contributed by atoms with E-state index < -0.39 is 17.9 Å². The van der Waals surface area contributed by atoms with E-state index in [0.717, 1.165) is 15.7 Å². The van der Waals surface area contributed by atoms with Gasteiger partial charge in [0.2, 0.25) is 0 Å². The largest absolute Gasteiger partial charge is 0.489 e. The summed E-state index contributed by atoms with van der Waals surface area (Å²) >= 11 is 3.35. The van der Waals surface area contributed by atoms with Gasteiger partial charge in [0.25, 0.3) is 5.91 Å². The molecule has 7 nitrogen and oxygen atoms in total. The minimum atomic E-state index is -0.911. The highest BCUT2D eigenvalue weighted by Gasteiger charge is 2.24. The van der Waals surface area contributed by atoms with Crippen LogP contribution in [0.25, 0.3) is 0 Å². The van der Waals surface area contributed by atoms with Crippen LogP contribution in [0.2, 0.25) is 0 Å². The van der Waals surface area contributed by atoms with Crippen molar-refractivity contribution < 1.29 is 23.6 Å².